The summed E-state index contributed by atoms with van der Waals surface area (Å²) >= 11 is 0. The molecule has 2 atom stereocenters. The fraction of sp³-hybridized carbons (Fsp3) is 0.385. The summed E-state index contributed by atoms with van der Waals surface area (Å²) in [5.74, 6) is -1.72. The van der Waals surface area contributed by atoms with E-state index in [1.807, 2.05) is 0 Å². The van der Waals surface area contributed by atoms with Crippen molar-refractivity contribution in [2.75, 3.05) is 6.54 Å². The molecule has 0 radical (unpaired) electrons. The van der Waals surface area contributed by atoms with Crippen molar-refractivity contribution in [3.05, 3.63) is 29.8 Å². The van der Waals surface area contributed by atoms with Gasteiger partial charge in [0.1, 0.15) is 5.84 Å². The number of aromatic nitrogens is 1. The summed E-state index contributed by atoms with van der Waals surface area (Å²) in [6.45, 7) is 0.0787. The van der Waals surface area contributed by atoms with Crippen molar-refractivity contribution in [1.29, 1.82) is 5.41 Å². The maximum absolute atomic E-state index is 12.8. The van der Waals surface area contributed by atoms with Gasteiger partial charge in [0.25, 0.3) is 5.91 Å². The Balaban J connectivity index is 1.69. The third-order valence-corrected chi connectivity index (χ3v) is 4.42. The Morgan fingerprint density at radius 1 is 1.42 bits per heavy atom. The molecule has 2 fully saturated rings. The van der Waals surface area contributed by atoms with Crippen LogP contribution >= 0.6 is 0 Å². The number of carbonyl (C=O) groups is 2. The third kappa shape index (κ3) is 3.63. The topological polar surface area (TPSA) is 153 Å². The normalized spacial score (nSPS) is 22.5. The number of nitrogens with one attached hydrogen (secondary N) is 2. The molecule has 2 unspecified atom stereocenters. The second-order valence-electron chi connectivity index (χ2n) is 5.75. The van der Waals surface area contributed by atoms with E-state index in [1.54, 1.807) is 0 Å². The number of urea groups is 1. The van der Waals surface area contributed by atoms with Gasteiger partial charge < -0.3 is 10.2 Å². The zero-order valence-corrected chi connectivity index (χ0v) is 13.9. The first-order valence-corrected chi connectivity index (χ1v) is 8.80. The molecule has 2 aliphatic heterocycles. The first kappa shape index (κ1) is 18.2. The van der Waals surface area contributed by atoms with Gasteiger partial charge in [-0.1, -0.05) is 0 Å². The largest absolute Gasteiger partial charge is 0.418 e. The summed E-state index contributed by atoms with van der Waals surface area (Å²) in [5.41, 5.74) is 0.0360. The van der Waals surface area contributed by atoms with Crippen LogP contribution < -0.4 is 5.32 Å². The molecular formula is C13H14FN5O6S. The van der Waals surface area contributed by atoms with E-state index in [0.29, 0.717) is 11.5 Å². The molecule has 0 aromatic carbocycles. The highest BCUT2D eigenvalue weighted by Gasteiger charge is 2.48. The van der Waals surface area contributed by atoms with Gasteiger partial charge in [-0.2, -0.15) is 17.9 Å². The predicted octanol–water partition coefficient (Wildman–Crippen LogP) is -0.0692. The molecule has 11 nitrogen and oxygen atoms in total. The standard InChI is InChI=1S/C13H14FN5O6S/c14-10-4-1-7(5-16-10)12(20)17-11(15)9-3-2-8-6-18(9)13(21)19(8)25-26(22,23)24/h1,4-5,8-9H,2-3,6H2,(H2,15,17,20)(H,22,23,24). The Bertz CT molecular complexity index is 860. The minimum Gasteiger partial charge on any atom is -0.310 e. The van der Waals surface area contributed by atoms with Crippen molar-refractivity contribution < 1.29 is 31.2 Å². The first-order valence-electron chi connectivity index (χ1n) is 7.44. The van der Waals surface area contributed by atoms with Gasteiger partial charge in [-0.25, -0.2) is 9.78 Å². The van der Waals surface area contributed by atoms with Crippen molar-refractivity contribution in [2.45, 2.75) is 24.9 Å². The van der Waals surface area contributed by atoms with Crippen LogP contribution in [0.1, 0.15) is 23.2 Å². The van der Waals surface area contributed by atoms with Gasteiger partial charge in [-0.15, -0.1) is 4.28 Å². The SMILES string of the molecule is N=C(NC(=O)c1ccc(F)nc1)C1CCC2CN1C(=O)N2OS(=O)(=O)O. The van der Waals surface area contributed by atoms with Crippen LogP contribution in [0.5, 0.6) is 0 Å². The number of amides is 3. The van der Waals surface area contributed by atoms with Crippen LogP contribution in [0.25, 0.3) is 0 Å². The van der Waals surface area contributed by atoms with Crippen LogP contribution in [0.4, 0.5) is 9.18 Å². The second-order valence-corrected chi connectivity index (χ2v) is 6.75. The number of hydroxylamine groups is 2. The number of fused-ring (bicyclic) bond motifs is 2. The molecule has 0 aliphatic carbocycles. The maximum atomic E-state index is 12.8. The minimum absolute atomic E-state index is 0.0360. The molecule has 1 aromatic heterocycles. The van der Waals surface area contributed by atoms with Crippen LogP contribution in [-0.2, 0) is 14.7 Å². The monoisotopic (exact) mass is 387 g/mol. The number of hydrogen-bond acceptors (Lipinski definition) is 7. The molecule has 140 valence electrons. The van der Waals surface area contributed by atoms with Gasteiger partial charge in [-0.05, 0) is 25.0 Å². The highest BCUT2D eigenvalue weighted by atomic mass is 32.3. The molecule has 3 heterocycles. The summed E-state index contributed by atoms with van der Waals surface area (Å²) in [5, 5.41) is 10.9. The molecule has 13 heteroatoms. The fourth-order valence-corrected chi connectivity index (χ4v) is 3.31. The van der Waals surface area contributed by atoms with Gasteiger partial charge in [0.15, 0.2) is 0 Å². The van der Waals surface area contributed by atoms with Crippen LogP contribution in [0, 0.1) is 11.4 Å². The number of piperidine rings is 1. The van der Waals surface area contributed by atoms with E-state index >= 15 is 0 Å². The number of pyridine rings is 1. The zero-order chi connectivity index (χ0) is 19.1. The number of nitrogens with zero attached hydrogens (tertiary/aromatic N) is 3. The number of halogens is 1. The average Bonchev–Trinajstić information content (AvgIpc) is 2.79. The molecule has 0 spiro atoms. The third-order valence-electron chi connectivity index (χ3n) is 4.07. The lowest BCUT2D eigenvalue weighted by atomic mass is 10.00. The second kappa shape index (κ2) is 6.59. The Morgan fingerprint density at radius 2 is 2.15 bits per heavy atom. The van der Waals surface area contributed by atoms with E-state index < -0.39 is 40.4 Å². The van der Waals surface area contributed by atoms with E-state index in [1.165, 1.54) is 11.0 Å². The number of hydrogen-bond donors (Lipinski definition) is 3. The van der Waals surface area contributed by atoms with Crippen molar-refractivity contribution >= 4 is 28.2 Å². The lowest BCUT2D eigenvalue weighted by Crippen LogP contribution is -2.50. The van der Waals surface area contributed by atoms with Gasteiger partial charge in [0, 0.05) is 12.7 Å². The van der Waals surface area contributed by atoms with E-state index in [9.17, 15) is 22.4 Å². The zero-order valence-electron chi connectivity index (χ0n) is 13.1. The quantitative estimate of drug-likeness (QED) is 0.283. The molecule has 2 bridgehead atoms. The molecular weight excluding hydrogens is 373 g/mol. The summed E-state index contributed by atoms with van der Waals surface area (Å²) < 4.78 is 47.5. The molecule has 1 aromatic rings. The van der Waals surface area contributed by atoms with Crippen molar-refractivity contribution in [3.8, 4) is 0 Å². The highest BCUT2D eigenvalue weighted by Crippen LogP contribution is 2.30. The van der Waals surface area contributed by atoms with Gasteiger partial charge in [0.2, 0.25) is 5.95 Å². The van der Waals surface area contributed by atoms with Gasteiger partial charge >= 0.3 is 16.4 Å². The fourth-order valence-electron chi connectivity index (χ4n) is 2.92. The Hall–Kier alpha value is -2.64. The Labute approximate surface area is 147 Å². The van der Waals surface area contributed by atoms with Gasteiger partial charge in [-0.3, -0.25) is 14.8 Å². The molecule has 3 amide bonds. The molecule has 3 N–H and O–H groups in total. The van der Waals surface area contributed by atoms with Crippen molar-refractivity contribution in [3.63, 3.8) is 0 Å². The maximum Gasteiger partial charge on any atom is 0.418 e. The van der Waals surface area contributed by atoms with Crippen LogP contribution in [0.2, 0.25) is 0 Å². The number of carbonyl (C=O) groups excluding carboxylic acids is 2. The lowest BCUT2D eigenvalue weighted by Gasteiger charge is -2.30. The van der Waals surface area contributed by atoms with E-state index in [2.05, 4.69) is 14.6 Å². The number of amidine groups is 1. The summed E-state index contributed by atoms with van der Waals surface area (Å²) in [6.07, 6.45) is 1.60. The minimum atomic E-state index is -4.86. The first-order chi connectivity index (χ1) is 12.2. The van der Waals surface area contributed by atoms with Crippen LogP contribution in [0.15, 0.2) is 18.3 Å². The van der Waals surface area contributed by atoms with Crippen molar-refractivity contribution in [2.24, 2.45) is 0 Å². The van der Waals surface area contributed by atoms with Crippen molar-refractivity contribution in [1.82, 2.24) is 20.3 Å². The molecule has 2 aliphatic rings. The van der Waals surface area contributed by atoms with Crippen LogP contribution in [-0.4, -0.2) is 64.3 Å². The summed E-state index contributed by atoms with van der Waals surface area (Å²) in [6, 6.07) is -0.0304. The summed E-state index contributed by atoms with van der Waals surface area (Å²) in [4.78, 5) is 28.9. The Morgan fingerprint density at radius 3 is 2.77 bits per heavy atom. The van der Waals surface area contributed by atoms with E-state index in [0.717, 1.165) is 12.3 Å². The highest BCUT2D eigenvalue weighted by molar-refractivity contribution is 7.80. The summed E-state index contributed by atoms with van der Waals surface area (Å²) in [7, 11) is -4.86. The molecule has 3 rings (SSSR count). The smallest absolute Gasteiger partial charge is 0.310 e. The van der Waals surface area contributed by atoms with E-state index in [-0.39, 0.29) is 24.4 Å². The van der Waals surface area contributed by atoms with E-state index in [4.69, 9.17) is 9.96 Å². The average molecular weight is 387 g/mol. The van der Waals surface area contributed by atoms with Gasteiger partial charge in [0.05, 0.1) is 17.6 Å². The molecule has 26 heavy (non-hydrogen) atoms. The molecule has 0 saturated carbocycles. The lowest BCUT2D eigenvalue weighted by molar-refractivity contribution is -0.0316. The van der Waals surface area contributed by atoms with Crippen LogP contribution in [0.3, 0.4) is 0 Å². The molecule has 2 saturated heterocycles. The Kier molecular flexibility index (Phi) is 4.60. The number of rotatable bonds is 4. The predicted molar refractivity (Wildman–Crippen MR) is 82.8 cm³/mol.